The number of aliphatic hydroxyl groups excluding tert-OH is 1. The number of hydrogen-bond acceptors (Lipinski definition) is 2. The number of nitrogens with zero attached hydrogens (tertiary/aromatic N) is 2. The van der Waals surface area contributed by atoms with Crippen LogP contribution in [-0.4, -0.2) is 14.9 Å². The monoisotopic (exact) mass is 254 g/mol. The highest BCUT2D eigenvalue weighted by molar-refractivity contribution is 6.31. The van der Waals surface area contributed by atoms with Gasteiger partial charge in [0, 0.05) is 6.54 Å². The van der Waals surface area contributed by atoms with E-state index in [2.05, 4.69) is 5.10 Å². The van der Waals surface area contributed by atoms with Crippen LogP contribution in [0.25, 0.3) is 0 Å². The third-order valence-electron chi connectivity index (χ3n) is 2.58. The van der Waals surface area contributed by atoms with Gasteiger partial charge in [0.2, 0.25) is 0 Å². The third kappa shape index (κ3) is 2.33. The molecule has 90 valence electrons. The molecule has 0 amide bonds. The predicted molar refractivity (Wildman–Crippen MR) is 63.4 cm³/mol. The SMILES string of the molecule is CCn1ncc(Cl)c1C(O)c1ccc(F)cc1. The Bertz CT molecular complexity index is 510. The minimum absolute atomic E-state index is 0.337. The van der Waals surface area contributed by atoms with Gasteiger partial charge in [-0.3, -0.25) is 4.68 Å². The number of aryl methyl sites for hydroxylation is 1. The maximum atomic E-state index is 12.8. The van der Waals surface area contributed by atoms with E-state index in [4.69, 9.17) is 11.6 Å². The molecule has 1 N–H and O–H groups in total. The fraction of sp³-hybridized carbons (Fsp3) is 0.250. The summed E-state index contributed by atoms with van der Waals surface area (Å²) in [6, 6.07) is 5.67. The van der Waals surface area contributed by atoms with E-state index in [0.29, 0.717) is 22.8 Å². The number of aliphatic hydroxyl groups is 1. The molecule has 0 radical (unpaired) electrons. The van der Waals surface area contributed by atoms with Crippen molar-refractivity contribution in [3.05, 3.63) is 52.6 Å². The van der Waals surface area contributed by atoms with Crippen LogP contribution in [0, 0.1) is 5.82 Å². The second-order valence-electron chi connectivity index (χ2n) is 3.65. The van der Waals surface area contributed by atoms with E-state index in [1.807, 2.05) is 6.92 Å². The Hall–Kier alpha value is -1.39. The standard InChI is InChI=1S/C12H12ClFN2O/c1-2-16-11(10(13)7-15-16)12(17)8-3-5-9(14)6-4-8/h3-7,12,17H,2H2,1H3. The van der Waals surface area contributed by atoms with Crippen LogP contribution >= 0.6 is 11.6 Å². The highest BCUT2D eigenvalue weighted by Crippen LogP contribution is 2.28. The second kappa shape index (κ2) is 4.85. The molecular weight excluding hydrogens is 243 g/mol. The average Bonchev–Trinajstić information content (AvgIpc) is 2.70. The second-order valence-corrected chi connectivity index (χ2v) is 4.05. The van der Waals surface area contributed by atoms with Crippen LogP contribution in [0.2, 0.25) is 5.02 Å². The van der Waals surface area contributed by atoms with Gasteiger partial charge in [-0.25, -0.2) is 4.39 Å². The molecule has 3 nitrogen and oxygen atoms in total. The van der Waals surface area contributed by atoms with E-state index in [1.54, 1.807) is 4.68 Å². The average molecular weight is 255 g/mol. The number of hydrogen-bond donors (Lipinski definition) is 1. The molecule has 0 spiro atoms. The quantitative estimate of drug-likeness (QED) is 0.915. The topological polar surface area (TPSA) is 38.0 Å². The van der Waals surface area contributed by atoms with Gasteiger partial charge in [-0.05, 0) is 24.6 Å². The molecule has 1 aromatic carbocycles. The summed E-state index contributed by atoms with van der Waals surface area (Å²) < 4.78 is 14.4. The molecule has 0 aliphatic carbocycles. The Kier molecular flexibility index (Phi) is 3.45. The highest BCUT2D eigenvalue weighted by atomic mass is 35.5. The molecule has 0 aliphatic rings. The molecule has 0 fully saturated rings. The van der Waals surface area contributed by atoms with Crippen LogP contribution in [0.1, 0.15) is 24.3 Å². The lowest BCUT2D eigenvalue weighted by atomic mass is 10.1. The summed E-state index contributed by atoms with van der Waals surface area (Å²) in [5.74, 6) is -0.337. The van der Waals surface area contributed by atoms with Gasteiger partial charge < -0.3 is 5.11 Å². The molecule has 0 bridgehead atoms. The zero-order valence-corrected chi connectivity index (χ0v) is 10.0. The van der Waals surface area contributed by atoms with Crippen molar-refractivity contribution in [2.45, 2.75) is 19.6 Å². The van der Waals surface area contributed by atoms with E-state index in [1.165, 1.54) is 30.5 Å². The van der Waals surface area contributed by atoms with Crippen molar-refractivity contribution in [1.29, 1.82) is 0 Å². The smallest absolute Gasteiger partial charge is 0.123 e. The van der Waals surface area contributed by atoms with Crippen molar-refractivity contribution in [2.75, 3.05) is 0 Å². The van der Waals surface area contributed by atoms with Crippen LogP contribution in [0.3, 0.4) is 0 Å². The number of rotatable bonds is 3. The Morgan fingerprint density at radius 3 is 2.65 bits per heavy atom. The largest absolute Gasteiger partial charge is 0.382 e. The van der Waals surface area contributed by atoms with E-state index < -0.39 is 6.10 Å². The molecular formula is C12H12ClFN2O. The van der Waals surface area contributed by atoms with E-state index >= 15 is 0 Å². The van der Waals surface area contributed by atoms with Crippen molar-refractivity contribution in [3.8, 4) is 0 Å². The van der Waals surface area contributed by atoms with Crippen LogP contribution in [-0.2, 0) is 6.54 Å². The van der Waals surface area contributed by atoms with E-state index in [0.717, 1.165) is 0 Å². The third-order valence-corrected chi connectivity index (χ3v) is 2.87. The fourth-order valence-electron chi connectivity index (χ4n) is 1.70. The highest BCUT2D eigenvalue weighted by Gasteiger charge is 2.19. The molecule has 0 aliphatic heterocycles. The van der Waals surface area contributed by atoms with Gasteiger partial charge in [0.05, 0.1) is 16.9 Å². The summed E-state index contributed by atoms with van der Waals surface area (Å²) in [6.07, 6.45) is 0.596. The van der Waals surface area contributed by atoms with E-state index in [9.17, 15) is 9.50 Å². The van der Waals surface area contributed by atoms with E-state index in [-0.39, 0.29) is 5.82 Å². The van der Waals surface area contributed by atoms with Gasteiger partial charge in [0.25, 0.3) is 0 Å². The van der Waals surface area contributed by atoms with Gasteiger partial charge in [-0.1, -0.05) is 23.7 Å². The molecule has 1 heterocycles. The summed E-state index contributed by atoms with van der Waals surface area (Å²) >= 11 is 5.98. The maximum absolute atomic E-state index is 12.8. The zero-order valence-electron chi connectivity index (χ0n) is 9.27. The van der Waals surface area contributed by atoms with Crippen LogP contribution in [0.5, 0.6) is 0 Å². The van der Waals surface area contributed by atoms with Crippen molar-refractivity contribution in [3.63, 3.8) is 0 Å². The summed E-state index contributed by atoms with van der Waals surface area (Å²) in [4.78, 5) is 0. The van der Waals surface area contributed by atoms with Gasteiger partial charge >= 0.3 is 0 Å². The first kappa shape index (κ1) is 12.1. The number of aromatic nitrogens is 2. The molecule has 2 rings (SSSR count). The Labute approximate surface area is 103 Å². The van der Waals surface area contributed by atoms with Gasteiger partial charge in [0.1, 0.15) is 11.9 Å². The minimum atomic E-state index is -0.898. The molecule has 0 saturated heterocycles. The van der Waals surface area contributed by atoms with Gasteiger partial charge in [0.15, 0.2) is 0 Å². The lowest BCUT2D eigenvalue weighted by Crippen LogP contribution is -2.09. The van der Waals surface area contributed by atoms with Crippen LogP contribution in [0.15, 0.2) is 30.5 Å². The lowest BCUT2D eigenvalue weighted by Gasteiger charge is -2.13. The van der Waals surface area contributed by atoms with Gasteiger partial charge in [-0.15, -0.1) is 0 Å². The Balaban J connectivity index is 2.39. The predicted octanol–water partition coefficient (Wildman–Crippen LogP) is 2.78. The Morgan fingerprint density at radius 1 is 1.41 bits per heavy atom. The van der Waals surface area contributed by atoms with Crippen molar-refractivity contribution in [1.82, 2.24) is 9.78 Å². The minimum Gasteiger partial charge on any atom is -0.382 e. The normalized spacial score (nSPS) is 12.7. The summed E-state index contributed by atoms with van der Waals surface area (Å²) in [5, 5.41) is 14.7. The first-order chi connectivity index (χ1) is 8.13. The zero-order chi connectivity index (χ0) is 12.4. The fourth-order valence-corrected chi connectivity index (χ4v) is 1.94. The molecule has 5 heteroatoms. The lowest BCUT2D eigenvalue weighted by molar-refractivity contribution is 0.208. The van der Waals surface area contributed by atoms with Crippen LogP contribution < -0.4 is 0 Å². The van der Waals surface area contributed by atoms with Crippen molar-refractivity contribution >= 4 is 11.6 Å². The maximum Gasteiger partial charge on any atom is 0.123 e. The molecule has 17 heavy (non-hydrogen) atoms. The first-order valence-corrected chi connectivity index (χ1v) is 5.66. The van der Waals surface area contributed by atoms with Crippen molar-refractivity contribution < 1.29 is 9.50 Å². The molecule has 1 aromatic heterocycles. The summed E-state index contributed by atoms with van der Waals surface area (Å²) in [6.45, 7) is 2.52. The molecule has 0 saturated carbocycles. The van der Waals surface area contributed by atoms with Gasteiger partial charge in [-0.2, -0.15) is 5.10 Å². The van der Waals surface area contributed by atoms with Crippen LogP contribution in [0.4, 0.5) is 4.39 Å². The molecule has 1 unspecified atom stereocenters. The molecule has 2 aromatic rings. The summed E-state index contributed by atoms with van der Waals surface area (Å²) in [5.41, 5.74) is 1.12. The number of benzene rings is 1. The molecule has 1 atom stereocenters. The number of halogens is 2. The summed E-state index contributed by atoms with van der Waals surface area (Å²) in [7, 11) is 0. The first-order valence-electron chi connectivity index (χ1n) is 5.28. The Morgan fingerprint density at radius 2 is 2.06 bits per heavy atom. The van der Waals surface area contributed by atoms with Crippen molar-refractivity contribution in [2.24, 2.45) is 0 Å².